The second kappa shape index (κ2) is 7.94. The largest absolute Gasteiger partial charge is 0.507 e. The lowest BCUT2D eigenvalue weighted by Gasteiger charge is -2.13. The van der Waals surface area contributed by atoms with E-state index in [1.165, 1.54) is 13.2 Å². The van der Waals surface area contributed by atoms with Gasteiger partial charge in [-0.05, 0) is 12.5 Å². The van der Waals surface area contributed by atoms with Crippen molar-refractivity contribution in [2.24, 2.45) is 0 Å². The number of rotatable bonds is 8. The van der Waals surface area contributed by atoms with E-state index in [-0.39, 0.29) is 16.9 Å². The van der Waals surface area contributed by atoms with Gasteiger partial charge in [0.1, 0.15) is 11.5 Å². The second-order valence-electron chi connectivity index (χ2n) is 5.18. The van der Waals surface area contributed by atoms with E-state index in [1.807, 2.05) is 0 Å². The number of carbonyl (C=O) groups excluding carboxylic acids is 1. The van der Waals surface area contributed by atoms with Crippen LogP contribution in [0.15, 0.2) is 15.3 Å². The molecule has 0 fully saturated rings. The van der Waals surface area contributed by atoms with Gasteiger partial charge >= 0.3 is 5.63 Å². The lowest BCUT2D eigenvalue weighted by Crippen LogP contribution is -2.15. The van der Waals surface area contributed by atoms with Crippen LogP contribution < -0.4 is 10.4 Å². The number of fused-ring (bicyclic) bond motifs is 1. The molecular weight excluding hydrogens is 316 g/mol. The summed E-state index contributed by atoms with van der Waals surface area (Å²) in [6.07, 6.45) is 0.807. The zero-order valence-electron chi connectivity index (χ0n) is 13.9. The number of aldehydes is 1. The normalized spacial score (nSPS) is 11.0. The predicted molar refractivity (Wildman–Crippen MR) is 87.2 cm³/mol. The van der Waals surface area contributed by atoms with E-state index in [2.05, 4.69) is 0 Å². The number of aromatic hydroxyl groups is 1. The Hall–Kier alpha value is -2.38. The Balaban J connectivity index is 2.50. The molecule has 0 aliphatic carbocycles. The van der Waals surface area contributed by atoms with Crippen molar-refractivity contribution in [3.63, 3.8) is 0 Å². The molecule has 1 aromatic heterocycles. The van der Waals surface area contributed by atoms with Crippen LogP contribution in [0.4, 0.5) is 0 Å². The quantitative estimate of drug-likeness (QED) is 0.446. The molecule has 0 amide bonds. The topological polar surface area (TPSA) is 95.2 Å². The number of phenolic OH excluding ortho intramolecular Hbond substituents is 1. The number of hydrogen-bond acceptors (Lipinski definition) is 7. The summed E-state index contributed by atoms with van der Waals surface area (Å²) in [6.45, 7) is 2.99. The number of benzene rings is 1. The zero-order chi connectivity index (χ0) is 17.7. The molecule has 0 saturated carbocycles. The van der Waals surface area contributed by atoms with E-state index < -0.39 is 5.63 Å². The van der Waals surface area contributed by atoms with Crippen molar-refractivity contribution in [2.45, 2.75) is 13.3 Å². The van der Waals surface area contributed by atoms with Gasteiger partial charge in [-0.3, -0.25) is 4.79 Å². The molecular formula is C17H20O7. The molecule has 0 saturated heterocycles. The number of hydrogen-bond donors (Lipinski definition) is 1. The van der Waals surface area contributed by atoms with Gasteiger partial charge in [0.05, 0.1) is 37.9 Å². The Morgan fingerprint density at radius 3 is 2.62 bits per heavy atom. The van der Waals surface area contributed by atoms with Crippen LogP contribution >= 0.6 is 0 Å². The maximum atomic E-state index is 12.3. The second-order valence-corrected chi connectivity index (χ2v) is 5.18. The summed E-state index contributed by atoms with van der Waals surface area (Å²) in [6, 6.07) is 1.33. The first-order valence-corrected chi connectivity index (χ1v) is 7.43. The van der Waals surface area contributed by atoms with Crippen LogP contribution in [-0.4, -0.2) is 45.4 Å². The molecule has 1 heterocycles. The lowest BCUT2D eigenvalue weighted by atomic mass is 10.0. The maximum absolute atomic E-state index is 12.3. The summed E-state index contributed by atoms with van der Waals surface area (Å²) in [7, 11) is 3.02. The van der Waals surface area contributed by atoms with Gasteiger partial charge in [0.25, 0.3) is 0 Å². The molecule has 24 heavy (non-hydrogen) atoms. The maximum Gasteiger partial charge on any atom is 0.339 e. The van der Waals surface area contributed by atoms with Crippen LogP contribution in [0.3, 0.4) is 0 Å². The van der Waals surface area contributed by atoms with Crippen LogP contribution in [0.1, 0.15) is 21.5 Å². The van der Waals surface area contributed by atoms with Crippen molar-refractivity contribution in [3.05, 3.63) is 33.2 Å². The molecule has 130 valence electrons. The first-order chi connectivity index (χ1) is 11.5. The zero-order valence-corrected chi connectivity index (χ0v) is 13.9. The highest BCUT2D eigenvalue weighted by Crippen LogP contribution is 2.36. The van der Waals surface area contributed by atoms with Crippen molar-refractivity contribution < 1.29 is 28.5 Å². The van der Waals surface area contributed by atoms with E-state index in [4.69, 9.17) is 18.6 Å². The third-order valence-corrected chi connectivity index (χ3v) is 3.80. The fourth-order valence-electron chi connectivity index (χ4n) is 2.54. The number of ether oxygens (including phenoxy) is 3. The SMILES string of the molecule is COCCOCCc1c(C)c2c(OC)cc(O)c(C=O)c2oc1=O. The fourth-order valence-corrected chi connectivity index (χ4v) is 2.54. The molecule has 0 aliphatic rings. The summed E-state index contributed by atoms with van der Waals surface area (Å²) >= 11 is 0. The van der Waals surface area contributed by atoms with Gasteiger partial charge in [0, 0.05) is 25.2 Å². The molecule has 0 unspecified atom stereocenters. The monoisotopic (exact) mass is 336 g/mol. The molecule has 0 aliphatic heterocycles. The minimum Gasteiger partial charge on any atom is -0.507 e. The summed E-state index contributed by atoms with van der Waals surface area (Å²) in [5.41, 5.74) is 0.464. The van der Waals surface area contributed by atoms with Crippen molar-refractivity contribution in [1.82, 2.24) is 0 Å². The van der Waals surface area contributed by atoms with Gasteiger partial charge in [-0.25, -0.2) is 4.79 Å². The minimum atomic E-state index is -0.564. The number of methoxy groups -OCH3 is 2. The Morgan fingerprint density at radius 1 is 1.25 bits per heavy atom. The van der Waals surface area contributed by atoms with Gasteiger partial charge in [0.2, 0.25) is 0 Å². The van der Waals surface area contributed by atoms with E-state index in [0.29, 0.717) is 54.8 Å². The van der Waals surface area contributed by atoms with Gasteiger partial charge in [0.15, 0.2) is 11.9 Å². The van der Waals surface area contributed by atoms with Crippen LogP contribution in [-0.2, 0) is 15.9 Å². The third-order valence-electron chi connectivity index (χ3n) is 3.80. The van der Waals surface area contributed by atoms with Crippen LogP contribution in [0, 0.1) is 6.92 Å². The Morgan fingerprint density at radius 2 is 2.00 bits per heavy atom. The average molecular weight is 336 g/mol. The van der Waals surface area contributed by atoms with Gasteiger partial charge < -0.3 is 23.7 Å². The van der Waals surface area contributed by atoms with E-state index >= 15 is 0 Å². The molecule has 7 heteroatoms. The molecule has 2 rings (SSSR count). The Labute approximate surface area is 138 Å². The number of phenols is 1. The summed E-state index contributed by atoms with van der Waals surface area (Å²) in [5, 5.41) is 10.4. The van der Waals surface area contributed by atoms with Crippen LogP contribution in [0.2, 0.25) is 0 Å². The highest BCUT2D eigenvalue weighted by Gasteiger charge is 2.20. The van der Waals surface area contributed by atoms with E-state index in [9.17, 15) is 14.7 Å². The van der Waals surface area contributed by atoms with Gasteiger partial charge in [-0.2, -0.15) is 0 Å². The standard InChI is InChI=1S/C17H20O7/c1-10-11(4-5-23-7-6-21-2)17(20)24-16-12(9-18)13(19)8-14(22-3)15(10)16/h8-9,19H,4-7H2,1-3H3. The summed E-state index contributed by atoms with van der Waals surface area (Å²) in [5.74, 6) is 0.0310. The highest BCUT2D eigenvalue weighted by atomic mass is 16.5. The first-order valence-electron chi connectivity index (χ1n) is 7.43. The highest BCUT2D eigenvalue weighted by molar-refractivity contribution is 6.01. The number of aryl methyl sites for hydroxylation is 1. The lowest BCUT2D eigenvalue weighted by molar-refractivity contribution is 0.0720. The molecule has 0 radical (unpaired) electrons. The predicted octanol–water partition coefficient (Wildman–Crippen LogP) is 1.83. The molecule has 0 bridgehead atoms. The van der Waals surface area contributed by atoms with Gasteiger partial charge in [-0.1, -0.05) is 0 Å². The number of carbonyl (C=O) groups is 1. The molecule has 1 aromatic carbocycles. The Kier molecular flexibility index (Phi) is 5.94. The van der Waals surface area contributed by atoms with Crippen molar-refractivity contribution in [3.8, 4) is 11.5 Å². The Bertz CT molecular complexity index is 792. The molecule has 7 nitrogen and oxygen atoms in total. The molecule has 0 atom stereocenters. The van der Waals surface area contributed by atoms with Crippen molar-refractivity contribution in [2.75, 3.05) is 34.0 Å². The fraction of sp³-hybridized carbons (Fsp3) is 0.412. The third kappa shape index (κ3) is 3.42. The average Bonchev–Trinajstić information content (AvgIpc) is 2.56. The van der Waals surface area contributed by atoms with E-state index in [1.54, 1.807) is 14.0 Å². The van der Waals surface area contributed by atoms with Crippen molar-refractivity contribution >= 4 is 17.3 Å². The van der Waals surface area contributed by atoms with Gasteiger partial charge in [-0.15, -0.1) is 0 Å². The summed E-state index contributed by atoms with van der Waals surface area (Å²) in [4.78, 5) is 23.5. The molecule has 1 N–H and O–H groups in total. The van der Waals surface area contributed by atoms with Crippen LogP contribution in [0.5, 0.6) is 11.5 Å². The minimum absolute atomic E-state index is 0.0217. The van der Waals surface area contributed by atoms with Crippen LogP contribution in [0.25, 0.3) is 11.0 Å². The molecule has 2 aromatic rings. The molecule has 0 spiro atoms. The van der Waals surface area contributed by atoms with E-state index in [0.717, 1.165) is 0 Å². The van der Waals surface area contributed by atoms with Crippen molar-refractivity contribution in [1.29, 1.82) is 0 Å². The smallest absolute Gasteiger partial charge is 0.339 e. The first kappa shape index (κ1) is 18.0. The summed E-state index contributed by atoms with van der Waals surface area (Å²) < 4.78 is 20.8.